The standard InChI is InChI=1S/C18H20N2O4S/c21-17(4-7-20-18(22)14-5-10-25-12-14)19-6-3-13-1-2-15-16(11-13)24-9-8-23-15/h1-2,5,10-12H,3-4,6-9H2,(H,19,21)(H,20,22). The van der Waals surface area contributed by atoms with Crippen molar-refractivity contribution in [1.82, 2.24) is 10.6 Å². The van der Waals surface area contributed by atoms with E-state index in [9.17, 15) is 9.59 Å². The first-order valence-corrected chi connectivity index (χ1v) is 9.12. The number of fused-ring (bicyclic) bond motifs is 1. The molecule has 1 aromatic heterocycles. The fourth-order valence-corrected chi connectivity index (χ4v) is 3.10. The second-order valence-electron chi connectivity index (χ2n) is 5.60. The number of hydrogen-bond acceptors (Lipinski definition) is 5. The van der Waals surface area contributed by atoms with Gasteiger partial charge in [-0.05, 0) is 35.6 Å². The Morgan fingerprint density at radius 1 is 1.04 bits per heavy atom. The van der Waals surface area contributed by atoms with E-state index in [-0.39, 0.29) is 18.2 Å². The molecule has 132 valence electrons. The lowest BCUT2D eigenvalue weighted by Gasteiger charge is -2.18. The maximum absolute atomic E-state index is 11.8. The number of rotatable bonds is 7. The van der Waals surface area contributed by atoms with Crippen molar-refractivity contribution in [3.8, 4) is 11.5 Å². The van der Waals surface area contributed by atoms with Crippen LogP contribution in [0.25, 0.3) is 0 Å². The molecule has 0 radical (unpaired) electrons. The number of benzene rings is 1. The topological polar surface area (TPSA) is 76.7 Å². The minimum absolute atomic E-state index is 0.0804. The van der Waals surface area contributed by atoms with Crippen LogP contribution >= 0.6 is 11.3 Å². The summed E-state index contributed by atoms with van der Waals surface area (Å²) in [4.78, 5) is 23.6. The summed E-state index contributed by atoms with van der Waals surface area (Å²) in [5.74, 6) is 1.29. The van der Waals surface area contributed by atoms with E-state index >= 15 is 0 Å². The molecular formula is C18H20N2O4S. The van der Waals surface area contributed by atoms with Crippen LogP contribution in [0.1, 0.15) is 22.3 Å². The summed E-state index contributed by atoms with van der Waals surface area (Å²) in [6.07, 6.45) is 0.973. The molecule has 25 heavy (non-hydrogen) atoms. The Bertz CT molecular complexity index is 731. The average Bonchev–Trinajstić information content (AvgIpc) is 3.16. The van der Waals surface area contributed by atoms with E-state index in [0.717, 1.165) is 17.1 Å². The number of carbonyl (C=O) groups is 2. The molecular weight excluding hydrogens is 340 g/mol. The van der Waals surface area contributed by atoms with Crippen molar-refractivity contribution < 1.29 is 19.1 Å². The quantitative estimate of drug-likeness (QED) is 0.792. The Morgan fingerprint density at radius 3 is 2.68 bits per heavy atom. The zero-order valence-corrected chi connectivity index (χ0v) is 14.6. The molecule has 2 amide bonds. The van der Waals surface area contributed by atoms with Crippen molar-refractivity contribution in [3.63, 3.8) is 0 Å². The van der Waals surface area contributed by atoms with Gasteiger partial charge in [-0.15, -0.1) is 0 Å². The van der Waals surface area contributed by atoms with Crippen molar-refractivity contribution >= 4 is 23.2 Å². The van der Waals surface area contributed by atoms with Gasteiger partial charge in [0.25, 0.3) is 5.91 Å². The molecule has 2 N–H and O–H groups in total. The summed E-state index contributed by atoms with van der Waals surface area (Å²) >= 11 is 1.47. The highest BCUT2D eigenvalue weighted by molar-refractivity contribution is 7.08. The van der Waals surface area contributed by atoms with Gasteiger partial charge < -0.3 is 20.1 Å². The molecule has 0 saturated carbocycles. The highest BCUT2D eigenvalue weighted by atomic mass is 32.1. The molecule has 0 spiro atoms. The van der Waals surface area contributed by atoms with E-state index in [1.165, 1.54) is 11.3 Å². The summed E-state index contributed by atoms with van der Waals surface area (Å²) in [6.45, 7) is 2.00. The van der Waals surface area contributed by atoms with Gasteiger partial charge in [-0.25, -0.2) is 0 Å². The molecule has 0 atom stereocenters. The minimum atomic E-state index is -0.148. The van der Waals surface area contributed by atoms with Crippen molar-refractivity contribution in [2.75, 3.05) is 26.3 Å². The first-order chi connectivity index (χ1) is 12.2. The van der Waals surface area contributed by atoms with Gasteiger partial charge >= 0.3 is 0 Å². The number of amides is 2. The Hall–Kier alpha value is -2.54. The van der Waals surface area contributed by atoms with Crippen LogP contribution in [0.4, 0.5) is 0 Å². The van der Waals surface area contributed by atoms with E-state index in [0.29, 0.717) is 38.3 Å². The Labute approximate surface area is 150 Å². The second-order valence-corrected chi connectivity index (χ2v) is 6.38. The van der Waals surface area contributed by atoms with Gasteiger partial charge in [-0.1, -0.05) is 6.07 Å². The zero-order valence-electron chi connectivity index (χ0n) is 13.7. The summed E-state index contributed by atoms with van der Waals surface area (Å²) in [5.41, 5.74) is 1.71. The molecule has 7 heteroatoms. The smallest absolute Gasteiger partial charge is 0.252 e. The van der Waals surface area contributed by atoms with Crippen molar-refractivity contribution in [3.05, 3.63) is 46.2 Å². The molecule has 0 saturated heterocycles. The van der Waals surface area contributed by atoms with Gasteiger partial charge in [0.1, 0.15) is 13.2 Å². The Balaban J connectivity index is 1.34. The van der Waals surface area contributed by atoms with Gasteiger partial charge in [-0.3, -0.25) is 9.59 Å². The maximum Gasteiger partial charge on any atom is 0.252 e. The molecule has 2 aromatic rings. The predicted molar refractivity (Wildman–Crippen MR) is 95.4 cm³/mol. The maximum atomic E-state index is 11.8. The largest absolute Gasteiger partial charge is 0.486 e. The van der Waals surface area contributed by atoms with E-state index in [4.69, 9.17) is 9.47 Å². The Kier molecular flexibility index (Phi) is 5.90. The summed E-state index contributed by atoms with van der Waals surface area (Å²) in [7, 11) is 0. The van der Waals surface area contributed by atoms with Gasteiger partial charge in [0.2, 0.25) is 5.91 Å². The lowest BCUT2D eigenvalue weighted by atomic mass is 10.1. The van der Waals surface area contributed by atoms with Crippen molar-refractivity contribution in [2.45, 2.75) is 12.8 Å². The lowest BCUT2D eigenvalue weighted by Crippen LogP contribution is -2.31. The van der Waals surface area contributed by atoms with Crippen molar-refractivity contribution in [2.24, 2.45) is 0 Å². The van der Waals surface area contributed by atoms with E-state index < -0.39 is 0 Å². The summed E-state index contributed by atoms with van der Waals surface area (Å²) in [5, 5.41) is 9.22. The molecule has 0 fully saturated rings. The molecule has 0 unspecified atom stereocenters. The van der Waals surface area contributed by atoms with Crippen molar-refractivity contribution in [1.29, 1.82) is 0 Å². The number of hydrogen-bond donors (Lipinski definition) is 2. The van der Waals surface area contributed by atoms with E-state index in [2.05, 4.69) is 10.6 Å². The first-order valence-electron chi connectivity index (χ1n) is 8.18. The molecule has 1 aliphatic rings. The Morgan fingerprint density at radius 2 is 1.88 bits per heavy atom. The van der Waals surface area contributed by atoms with Crippen LogP contribution in [-0.2, 0) is 11.2 Å². The summed E-state index contributed by atoms with van der Waals surface area (Å²) < 4.78 is 11.0. The van der Waals surface area contributed by atoms with Gasteiger partial charge in [0, 0.05) is 30.5 Å². The van der Waals surface area contributed by atoms with E-state index in [1.807, 2.05) is 23.6 Å². The lowest BCUT2D eigenvalue weighted by molar-refractivity contribution is -0.120. The minimum Gasteiger partial charge on any atom is -0.486 e. The monoisotopic (exact) mass is 360 g/mol. The molecule has 2 heterocycles. The number of thiophene rings is 1. The molecule has 0 bridgehead atoms. The number of ether oxygens (including phenoxy) is 2. The third-order valence-corrected chi connectivity index (χ3v) is 4.45. The fourth-order valence-electron chi connectivity index (χ4n) is 2.46. The van der Waals surface area contributed by atoms with Gasteiger partial charge in [0.15, 0.2) is 11.5 Å². The fraction of sp³-hybridized carbons (Fsp3) is 0.333. The van der Waals surface area contributed by atoms with Crippen LogP contribution in [0, 0.1) is 0 Å². The molecule has 3 rings (SSSR count). The first kappa shape index (κ1) is 17.3. The second kappa shape index (κ2) is 8.53. The molecule has 1 aromatic carbocycles. The normalized spacial score (nSPS) is 12.5. The van der Waals surface area contributed by atoms with Crippen LogP contribution in [-0.4, -0.2) is 38.1 Å². The SMILES string of the molecule is O=C(CCNC(=O)c1ccsc1)NCCc1ccc2c(c1)OCCO2. The third-order valence-electron chi connectivity index (χ3n) is 3.76. The number of carbonyl (C=O) groups excluding carboxylic acids is 2. The highest BCUT2D eigenvalue weighted by Gasteiger charge is 2.12. The van der Waals surface area contributed by atoms with Crippen LogP contribution in [0.5, 0.6) is 11.5 Å². The highest BCUT2D eigenvalue weighted by Crippen LogP contribution is 2.30. The molecule has 1 aliphatic heterocycles. The van der Waals surface area contributed by atoms with Crippen LogP contribution in [0.3, 0.4) is 0 Å². The molecule has 0 aliphatic carbocycles. The van der Waals surface area contributed by atoms with Gasteiger partial charge in [-0.2, -0.15) is 11.3 Å². The third kappa shape index (κ3) is 4.96. The van der Waals surface area contributed by atoms with Gasteiger partial charge in [0.05, 0.1) is 0 Å². The van der Waals surface area contributed by atoms with Crippen LogP contribution in [0.15, 0.2) is 35.0 Å². The average molecular weight is 360 g/mol. The van der Waals surface area contributed by atoms with Crippen LogP contribution < -0.4 is 20.1 Å². The number of nitrogens with one attached hydrogen (secondary N) is 2. The van der Waals surface area contributed by atoms with E-state index in [1.54, 1.807) is 11.4 Å². The van der Waals surface area contributed by atoms with Crippen LogP contribution in [0.2, 0.25) is 0 Å². The zero-order chi connectivity index (χ0) is 17.5. The molecule has 6 nitrogen and oxygen atoms in total. The summed E-state index contributed by atoms with van der Waals surface area (Å²) in [6, 6.07) is 7.57. The predicted octanol–water partition coefficient (Wildman–Crippen LogP) is 2.00.